The molecule has 0 radical (unpaired) electrons. The smallest absolute Gasteiger partial charge is 0.210 e. The van der Waals surface area contributed by atoms with Gasteiger partial charge < -0.3 is 5.32 Å². The number of nitrogens with zero attached hydrogens (tertiary/aromatic N) is 1. The Labute approximate surface area is 110 Å². The van der Waals surface area contributed by atoms with E-state index in [2.05, 4.69) is 42.6 Å². The monoisotopic (exact) mass is 248 g/mol. The highest BCUT2D eigenvalue weighted by molar-refractivity contribution is 5.94. The maximum Gasteiger partial charge on any atom is 0.210 e. The van der Waals surface area contributed by atoms with Gasteiger partial charge >= 0.3 is 0 Å². The van der Waals surface area contributed by atoms with Crippen LogP contribution in [0.2, 0.25) is 0 Å². The van der Waals surface area contributed by atoms with Gasteiger partial charge in [-0.2, -0.15) is 0 Å². The number of hydrogen-bond acceptors (Lipinski definition) is 2. The van der Waals surface area contributed by atoms with E-state index >= 15 is 0 Å². The minimum atomic E-state index is 0.0706. The van der Waals surface area contributed by atoms with Gasteiger partial charge in [-0.15, -0.1) is 0 Å². The first-order valence-corrected chi connectivity index (χ1v) is 6.25. The number of hydrazine groups is 1. The Morgan fingerprint density at radius 3 is 2.33 bits per heavy atom. The molecule has 1 aromatic rings. The first-order chi connectivity index (χ1) is 8.34. The van der Waals surface area contributed by atoms with Gasteiger partial charge in [0, 0.05) is 11.7 Å². The minimum absolute atomic E-state index is 0.0706. The van der Waals surface area contributed by atoms with Crippen molar-refractivity contribution >= 4 is 11.6 Å². The number of rotatable bonds is 2. The predicted molar refractivity (Wildman–Crippen MR) is 78.7 cm³/mol. The third-order valence-electron chi connectivity index (χ3n) is 2.51. The number of nitrogens with two attached hydrogens (primary N) is 1. The van der Waals surface area contributed by atoms with Gasteiger partial charge in [0.25, 0.3) is 0 Å². The molecule has 0 atom stereocenters. The molecule has 0 amide bonds. The van der Waals surface area contributed by atoms with Crippen molar-refractivity contribution in [1.82, 2.24) is 5.43 Å². The van der Waals surface area contributed by atoms with Crippen molar-refractivity contribution in [2.24, 2.45) is 10.8 Å². The average molecular weight is 248 g/mol. The van der Waals surface area contributed by atoms with Crippen LogP contribution in [-0.4, -0.2) is 12.0 Å². The first kappa shape index (κ1) is 14.5. The van der Waals surface area contributed by atoms with Crippen LogP contribution in [0.1, 0.15) is 40.2 Å². The topological polar surface area (TPSA) is 62.4 Å². The lowest BCUT2D eigenvalue weighted by molar-refractivity contribution is 0.592. The van der Waals surface area contributed by atoms with Gasteiger partial charge in [-0.3, -0.25) is 5.43 Å². The van der Waals surface area contributed by atoms with Crippen LogP contribution in [0.4, 0.5) is 5.69 Å². The summed E-state index contributed by atoms with van der Waals surface area (Å²) in [7, 11) is 0. The number of anilines is 1. The van der Waals surface area contributed by atoms with Crippen molar-refractivity contribution in [3.63, 3.8) is 0 Å². The highest BCUT2D eigenvalue weighted by Crippen LogP contribution is 2.29. The summed E-state index contributed by atoms with van der Waals surface area (Å²) in [5, 5.41) is 3.25. The summed E-state index contributed by atoms with van der Waals surface area (Å²) in [4.78, 5) is 4.38. The summed E-state index contributed by atoms with van der Waals surface area (Å²) in [5.74, 6) is 6.07. The van der Waals surface area contributed by atoms with Crippen LogP contribution in [0.15, 0.2) is 29.3 Å². The molecule has 0 saturated heterocycles. The lowest BCUT2D eigenvalue weighted by Crippen LogP contribution is -2.37. The molecule has 0 aromatic heterocycles. The van der Waals surface area contributed by atoms with E-state index in [1.807, 2.05) is 32.0 Å². The molecular weight excluding hydrogens is 224 g/mol. The van der Waals surface area contributed by atoms with Crippen LogP contribution in [0.3, 0.4) is 0 Å². The Morgan fingerprint density at radius 1 is 1.22 bits per heavy atom. The molecule has 0 aliphatic rings. The molecular formula is C14H24N4. The molecule has 0 bridgehead atoms. The van der Waals surface area contributed by atoms with E-state index in [9.17, 15) is 0 Å². The SMILES string of the molecule is CC(C)N=C(NN)Nc1ccccc1C(C)(C)C. The quantitative estimate of drug-likeness (QED) is 0.326. The normalized spacial score (nSPS) is 12.7. The van der Waals surface area contributed by atoms with Crippen LogP contribution >= 0.6 is 0 Å². The Hall–Kier alpha value is -1.55. The van der Waals surface area contributed by atoms with Gasteiger partial charge in [0.2, 0.25) is 5.96 Å². The summed E-state index contributed by atoms with van der Waals surface area (Å²) in [5.41, 5.74) is 4.93. The zero-order valence-corrected chi connectivity index (χ0v) is 11.9. The zero-order chi connectivity index (χ0) is 13.8. The Balaban J connectivity index is 3.04. The molecule has 0 heterocycles. The molecule has 1 rings (SSSR count). The van der Waals surface area contributed by atoms with Gasteiger partial charge in [0.05, 0.1) is 0 Å². The predicted octanol–water partition coefficient (Wildman–Crippen LogP) is 2.62. The van der Waals surface area contributed by atoms with Crippen LogP contribution < -0.4 is 16.6 Å². The second kappa shape index (κ2) is 5.87. The van der Waals surface area contributed by atoms with Crippen molar-refractivity contribution in [3.8, 4) is 0 Å². The minimum Gasteiger partial charge on any atom is -0.325 e. The fourth-order valence-electron chi connectivity index (χ4n) is 1.74. The Morgan fingerprint density at radius 2 is 1.83 bits per heavy atom. The van der Waals surface area contributed by atoms with E-state index in [0.717, 1.165) is 5.69 Å². The molecule has 0 unspecified atom stereocenters. The maximum absolute atomic E-state index is 5.48. The number of aliphatic imine (C=N–C) groups is 1. The lowest BCUT2D eigenvalue weighted by Gasteiger charge is -2.23. The van der Waals surface area contributed by atoms with Crippen molar-refractivity contribution in [1.29, 1.82) is 0 Å². The summed E-state index contributed by atoms with van der Waals surface area (Å²) in [6, 6.07) is 8.38. The third-order valence-corrected chi connectivity index (χ3v) is 2.51. The van der Waals surface area contributed by atoms with Gasteiger partial charge in [-0.05, 0) is 30.9 Å². The van der Waals surface area contributed by atoms with Crippen LogP contribution in [0.5, 0.6) is 0 Å². The maximum atomic E-state index is 5.48. The fraction of sp³-hybridized carbons (Fsp3) is 0.500. The van der Waals surface area contributed by atoms with E-state index in [-0.39, 0.29) is 11.5 Å². The molecule has 4 N–H and O–H groups in total. The summed E-state index contributed by atoms with van der Waals surface area (Å²) >= 11 is 0. The highest BCUT2D eigenvalue weighted by atomic mass is 15.3. The number of nitrogens with one attached hydrogen (secondary N) is 2. The second-order valence-corrected chi connectivity index (χ2v) is 5.64. The molecule has 4 nitrogen and oxygen atoms in total. The van der Waals surface area contributed by atoms with Crippen LogP contribution in [0.25, 0.3) is 0 Å². The van der Waals surface area contributed by atoms with Gasteiger partial charge in [0.1, 0.15) is 0 Å². The molecule has 4 heteroatoms. The standard InChI is InChI=1S/C14H24N4/c1-10(2)16-13(18-15)17-12-9-7-6-8-11(12)14(3,4)5/h6-10H,15H2,1-5H3,(H2,16,17,18). The van der Waals surface area contributed by atoms with E-state index < -0.39 is 0 Å². The van der Waals surface area contributed by atoms with E-state index in [1.165, 1.54) is 5.56 Å². The van der Waals surface area contributed by atoms with Crippen molar-refractivity contribution in [3.05, 3.63) is 29.8 Å². The molecule has 1 aromatic carbocycles. The van der Waals surface area contributed by atoms with Crippen LogP contribution in [0, 0.1) is 0 Å². The fourth-order valence-corrected chi connectivity index (χ4v) is 1.74. The van der Waals surface area contributed by atoms with E-state index in [0.29, 0.717) is 5.96 Å². The Bertz CT molecular complexity index is 416. The highest BCUT2D eigenvalue weighted by Gasteiger charge is 2.17. The van der Waals surface area contributed by atoms with Gasteiger partial charge in [0.15, 0.2) is 0 Å². The average Bonchev–Trinajstić information content (AvgIpc) is 2.26. The molecule has 0 aliphatic carbocycles. The molecule has 100 valence electrons. The first-order valence-electron chi connectivity index (χ1n) is 6.25. The third kappa shape index (κ3) is 4.04. The number of benzene rings is 1. The van der Waals surface area contributed by atoms with Gasteiger partial charge in [-0.1, -0.05) is 39.0 Å². The van der Waals surface area contributed by atoms with Crippen molar-refractivity contribution in [2.75, 3.05) is 5.32 Å². The zero-order valence-electron chi connectivity index (χ0n) is 11.9. The van der Waals surface area contributed by atoms with Gasteiger partial charge in [-0.25, -0.2) is 10.8 Å². The molecule has 0 saturated carbocycles. The second-order valence-electron chi connectivity index (χ2n) is 5.64. The van der Waals surface area contributed by atoms with E-state index in [1.54, 1.807) is 0 Å². The largest absolute Gasteiger partial charge is 0.325 e. The van der Waals surface area contributed by atoms with Crippen molar-refractivity contribution < 1.29 is 0 Å². The molecule has 18 heavy (non-hydrogen) atoms. The summed E-state index contributed by atoms with van der Waals surface area (Å²) < 4.78 is 0. The molecule has 0 aliphatic heterocycles. The van der Waals surface area contributed by atoms with E-state index in [4.69, 9.17) is 5.84 Å². The van der Waals surface area contributed by atoms with Crippen molar-refractivity contribution in [2.45, 2.75) is 46.1 Å². The number of guanidine groups is 1. The Kier molecular flexibility index (Phi) is 4.73. The molecule has 0 spiro atoms. The number of hydrogen-bond donors (Lipinski definition) is 3. The molecule has 0 fully saturated rings. The lowest BCUT2D eigenvalue weighted by atomic mass is 9.86. The van der Waals surface area contributed by atoms with Crippen LogP contribution in [-0.2, 0) is 5.41 Å². The number of para-hydroxylation sites is 1. The summed E-state index contributed by atoms with van der Waals surface area (Å²) in [6.45, 7) is 10.6. The summed E-state index contributed by atoms with van der Waals surface area (Å²) in [6.07, 6.45) is 0.